The van der Waals surface area contributed by atoms with Gasteiger partial charge in [0, 0.05) is 12.1 Å². The van der Waals surface area contributed by atoms with Crippen LogP contribution in [0.5, 0.6) is 0 Å². The van der Waals surface area contributed by atoms with Crippen LogP contribution in [0.4, 0.5) is 5.69 Å². The van der Waals surface area contributed by atoms with Crippen molar-refractivity contribution in [1.29, 1.82) is 0 Å². The molecular weight excluding hydrogens is 334 g/mol. The summed E-state index contributed by atoms with van der Waals surface area (Å²) in [5.41, 5.74) is 1.55. The molecular formula is C20H21NO5. The summed E-state index contributed by atoms with van der Waals surface area (Å²) in [6.07, 6.45) is 1.98. The Hall–Kier alpha value is -3.15. The molecule has 6 heteroatoms. The van der Waals surface area contributed by atoms with Crippen molar-refractivity contribution in [2.24, 2.45) is 0 Å². The summed E-state index contributed by atoms with van der Waals surface area (Å²) >= 11 is 0. The molecule has 26 heavy (non-hydrogen) atoms. The topological polar surface area (TPSA) is 94.9 Å². The molecule has 0 aliphatic rings. The van der Waals surface area contributed by atoms with Crippen molar-refractivity contribution in [1.82, 2.24) is 0 Å². The van der Waals surface area contributed by atoms with Crippen LogP contribution in [0.15, 0.2) is 48.5 Å². The fourth-order valence-corrected chi connectivity index (χ4v) is 2.53. The van der Waals surface area contributed by atoms with Crippen LogP contribution in [0.25, 0.3) is 0 Å². The summed E-state index contributed by atoms with van der Waals surface area (Å²) in [5.74, 6) is -2.17. The smallest absolute Gasteiger partial charge is 0.335 e. The second-order valence-corrected chi connectivity index (χ2v) is 5.94. The summed E-state index contributed by atoms with van der Waals surface area (Å²) in [7, 11) is 0. The summed E-state index contributed by atoms with van der Waals surface area (Å²) in [4.78, 5) is 36.4. The van der Waals surface area contributed by atoms with E-state index in [9.17, 15) is 19.5 Å². The standard InChI is InChI=1S/C20H21NO5/c1-2-3-7-18(22)21(17-6-4-5-16(12-17)20(25)26)13-14-8-10-15(11-9-14)19(23)24/h4-6,8-12H,2-3,7,13H2,1H3,(H,23,24)(H,25,26). The molecule has 0 aliphatic carbocycles. The fourth-order valence-electron chi connectivity index (χ4n) is 2.53. The van der Waals surface area contributed by atoms with Crippen LogP contribution >= 0.6 is 0 Å². The third-order valence-corrected chi connectivity index (χ3v) is 3.99. The molecule has 0 fully saturated rings. The van der Waals surface area contributed by atoms with E-state index in [1.165, 1.54) is 29.2 Å². The van der Waals surface area contributed by atoms with Gasteiger partial charge >= 0.3 is 11.9 Å². The van der Waals surface area contributed by atoms with E-state index < -0.39 is 11.9 Å². The van der Waals surface area contributed by atoms with Gasteiger partial charge in [0.1, 0.15) is 0 Å². The highest BCUT2D eigenvalue weighted by molar-refractivity contribution is 5.95. The maximum atomic E-state index is 12.6. The molecule has 2 N–H and O–H groups in total. The zero-order chi connectivity index (χ0) is 19.1. The van der Waals surface area contributed by atoms with E-state index in [0.29, 0.717) is 12.1 Å². The number of unbranched alkanes of at least 4 members (excludes halogenated alkanes) is 1. The molecule has 0 aliphatic heterocycles. The van der Waals surface area contributed by atoms with E-state index in [-0.39, 0.29) is 23.6 Å². The van der Waals surface area contributed by atoms with Gasteiger partial charge in [-0.05, 0) is 42.3 Å². The number of hydrogen-bond acceptors (Lipinski definition) is 3. The van der Waals surface area contributed by atoms with Crippen molar-refractivity contribution in [2.45, 2.75) is 32.7 Å². The molecule has 0 aromatic heterocycles. The molecule has 6 nitrogen and oxygen atoms in total. The number of aromatic carboxylic acids is 2. The third kappa shape index (κ3) is 4.92. The van der Waals surface area contributed by atoms with Gasteiger partial charge in [0.2, 0.25) is 5.91 Å². The number of carbonyl (C=O) groups is 3. The van der Waals surface area contributed by atoms with Crippen LogP contribution in [0, 0.1) is 0 Å². The van der Waals surface area contributed by atoms with E-state index in [1.807, 2.05) is 6.92 Å². The van der Waals surface area contributed by atoms with Crippen molar-refractivity contribution in [3.8, 4) is 0 Å². The normalized spacial score (nSPS) is 10.3. The fraction of sp³-hybridized carbons (Fsp3) is 0.250. The van der Waals surface area contributed by atoms with Crippen LogP contribution in [-0.4, -0.2) is 28.1 Å². The lowest BCUT2D eigenvalue weighted by molar-refractivity contribution is -0.118. The Labute approximate surface area is 151 Å². The SMILES string of the molecule is CCCCC(=O)N(Cc1ccc(C(=O)O)cc1)c1cccc(C(=O)O)c1. The Morgan fingerprint density at radius 2 is 1.58 bits per heavy atom. The Morgan fingerprint density at radius 3 is 2.15 bits per heavy atom. The van der Waals surface area contributed by atoms with Gasteiger partial charge in [-0.2, -0.15) is 0 Å². The predicted octanol–water partition coefficient (Wildman–Crippen LogP) is 3.81. The van der Waals surface area contributed by atoms with E-state index in [0.717, 1.165) is 18.4 Å². The van der Waals surface area contributed by atoms with E-state index in [4.69, 9.17) is 5.11 Å². The first-order valence-corrected chi connectivity index (χ1v) is 8.38. The molecule has 0 radical (unpaired) electrons. The number of carboxylic acid groups (broad SMARTS) is 2. The average Bonchev–Trinajstić information content (AvgIpc) is 2.64. The average molecular weight is 355 g/mol. The lowest BCUT2D eigenvalue weighted by Gasteiger charge is -2.23. The maximum Gasteiger partial charge on any atom is 0.335 e. The molecule has 136 valence electrons. The molecule has 0 saturated carbocycles. The molecule has 0 atom stereocenters. The number of nitrogens with zero attached hydrogens (tertiary/aromatic N) is 1. The van der Waals surface area contributed by atoms with Crippen molar-refractivity contribution < 1.29 is 24.6 Å². The highest BCUT2D eigenvalue weighted by atomic mass is 16.4. The Kier molecular flexibility index (Phi) is 6.49. The quantitative estimate of drug-likeness (QED) is 0.751. The van der Waals surface area contributed by atoms with Crippen LogP contribution in [-0.2, 0) is 11.3 Å². The largest absolute Gasteiger partial charge is 0.478 e. The zero-order valence-electron chi connectivity index (χ0n) is 14.5. The molecule has 0 unspecified atom stereocenters. The molecule has 2 aromatic carbocycles. The highest BCUT2D eigenvalue weighted by Gasteiger charge is 2.17. The van der Waals surface area contributed by atoms with Gasteiger partial charge in [0.05, 0.1) is 17.7 Å². The van der Waals surface area contributed by atoms with Crippen molar-refractivity contribution in [3.63, 3.8) is 0 Å². The number of benzene rings is 2. The molecule has 0 bridgehead atoms. The molecule has 0 heterocycles. The summed E-state index contributed by atoms with van der Waals surface area (Å²) in [6, 6.07) is 12.5. The molecule has 2 aromatic rings. The second kappa shape index (κ2) is 8.80. The van der Waals surface area contributed by atoms with Gasteiger partial charge < -0.3 is 15.1 Å². The van der Waals surface area contributed by atoms with E-state index in [2.05, 4.69) is 0 Å². The molecule has 0 spiro atoms. The van der Waals surface area contributed by atoms with Gasteiger partial charge in [-0.15, -0.1) is 0 Å². The first-order chi connectivity index (χ1) is 12.4. The van der Waals surface area contributed by atoms with Gasteiger partial charge in [-0.3, -0.25) is 4.79 Å². The van der Waals surface area contributed by atoms with E-state index in [1.54, 1.807) is 24.3 Å². The first-order valence-electron chi connectivity index (χ1n) is 8.38. The molecule has 1 amide bonds. The minimum atomic E-state index is -1.06. The van der Waals surface area contributed by atoms with Crippen molar-refractivity contribution in [3.05, 3.63) is 65.2 Å². The van der Waals surface area contributed by atoms with Crippen molar-refractivity contribution in [2.75, 3.05) is 4.90 Å². The summed E-state index contributed by atoms with van der Waals surface area (Å²) < 4.78 is 0. The molecule has 2 rings (SSSR count). The van der Waals surface area contributed by atoms with Gasteiger partial charge in [0.15, 0.2) is 0 Å². The summed E-state index contributed by atoms with van der Waals surface area (Å²) in [5, 5.41) is 18.2. The van der Waals surface area contributed by atoms with Gasteiger partial charge in [-0.25, -0.2) is 9.59 Å². The lowest BCUT2D eigenvalue weighted by Crippen LogP contribution is -2.30. The van der Waals surface area contributed by atoms with Gasteiger partial charge in [0.25, 0.3) is 0 Å². The number of carboxylic acids is 2. The van der Waals surface area contributed by atoms with Crippen LogP contribution < -0.4 is 4.90 Å². The predicted molar refractivity (Wildman–Crippen MR) is 97.5 cm³/mol. The number of carbonyl (C=O) groups excluding carboxylic acids is 1. The monoisotopic (exact) mass is 355 g/mol. The van der Waals surface area contributed by atoms with Gasteiger partial charge in [-0.1, -0.05) is 31.5 Å². The Morgan fingerprint density at radius 1 is 0.923 bits per heavy atom. The second-order valence-electron chi connectivity index (χ2n) is 5.94. The van der Waals surface area contributed by atoms with Crippen LogP contribution in [0.1, 0.15) is 52.5 Å². The zero-order valence-corrected chi connectivity index (χ0v) is 14.5. The van der Waals surface area contributed by atoms with Crippen molar-refractivity contribution >= 4 is 23.5 Å². The lowest BCUT2D eigenvalue weighted by atomic mass is 10.1. The number of amides is 1. The minimum Gasteiger partial charge on any atom is -0.478 e. The maximum absolute atomic E-state index is 12.6. The third-order valence-electron chi connectivity index (χ3n) is 3.99. The molecule has 0 saturated heterocycles. The number of anilines is 1. The minimum absolute atomic E-state index is 0.100. The van der Waals surface area contributed by atoms with E-state index >= 15 is 0 Å². The first kappa shape index (κ1) is 19.2. The Balaban J connectivity index is 2.31. The van der Waals surface area contributed by atoms with Crippen LogP contribution in [0.2, 0.25) is 0 Å². The Bertz CT molecular complexity index is 798. The highest BCUT2D eigenvalue weighted by Crippen LogP contribution is 2.21. The number of hydrogen-bond donors (Lipinski definition) is 2. The number of rotatable bonds is 8. The van der Waals surface area contributed by atoms with Crippen LogP contribution in [0.3, 0.4) is 0 Å². The summed E-state index contributed by atoms with van der Waals surface area (Å²) in [6.45, 7) is 2.23.